The summed E-state index contributed by atoms with van der Waals surface area (Å²) in [6.07, 6.45) is 0.545. The van der Waals surface area contributed by atoms with E-state index in [0.717, 1.165) is 11.1 Å². The Labute approximate surface area is 231 Å². The predicted molar refractivity (Wildman–Crippen MR) is 153 cm³/mol. The molecule has 39 heavy (non-hydrogen) atoms. The number of rotatable bonds is 7. The normalized spacial score (nSPS) is 11.9. The van der Waals surface area contributed by atoms with Crippen LogP contribution in [0.4, 0.5) is 4.39 Å². The van der Waals surface area contributed by atoms with Gasteiger partial charge in [0, 0.05) is 11.6 Å². The average Bonchev–Trinajstić information content (AvgIpc) is 2.94. The molecule has 1 atom stereocenters. The van der Waals surface area contributed by atoms with Crippen molar-refractivity contribution in [2.75, 3.05) is 6.54 Å². The Kier molecular flexibility index (Phi) is 7.57. The fraction of sp³-hybridized carbons (Fsp3) is 0.156. The first-order chi connectivity index (χ1) is 18.8. The molecule has 0 fully saturated rings. The summed E-state index contributed by atoms with van der Waals surface area (Å²) in [6, 6.07) is 27.4. The quantitative estimate of drug-likeness (QED) is 0.225. The summed E-state index contributed by atoms with van der Waals surface area (Å²) in [5, 5.41) is 1.01. The van der Waals surface area contributed by atoms with Gasteiger partial charge in [0.05, 0.1) is 28.2 Å². The van der Waals surface area contributed by atoms with Crippen molar-refractivity contribution in [1.29, 1.82) is 0 Å². The lowest BCUT2D eigenvalue weighted by Gasteiger charge is -2.31. The molecule has 5 aromatic rings. The lowest BCUT2D eigenvalue weighted by molar-refractivity contribution is 0.0679. The van der Waals surface area contributed by atoms with Gasteiger partial charge in [0.25, 0.3) is 11.5 Å². The number of benzene rings is 4. The first-order valence-corrected chi connectivity index (χ1v) is 13.1. The molecular weight excluding hydrogens is 513 g/mol. The maximum absolute atomic E-state index is 14.8. The Morgan fingerprint density at radius 1 is 0.974 bits per heavy atom. The van der Waals surface area contributed by atoms with Crippen LogP contribution in [0.1, 0.15) is 40.3 Å². The molecule has 0 spiro atoms. The molecular formula is C32H27ClFN3O2. The third-order valence-corrected chi connectivity index (χ3v) is 7.13. The van der Waals surface area contributed by atoms with E-state index in [9.17, 15) is 14.0 Å². The second-order valence-electron chi connectivity index (χ2n) is 9.45. The fourth-order valence-electron chi connectivity index (χ4n) is 4.83. The zero-order valence-electron chi connectivity index (χ0n) is 21.6. The number of amides is 1. The lowest BCUT2D eigenvalue weighted by atomic mass is 10.1. The van der Waals surface area contributed by atoms with Crippen molar-refractivity contribution >= 4 is 28.4 Å². The number of para-hydroxylation sites is 1. The topological polar surface area (TPSA) is 55.2 Å². The number of carbonyl (C=O) groups excluding carboxylic acids is 1. The van der Waals surface area contributed by atoms with Crippen molar-refractivity contribution in [2.24, 2.45) is 0 Å². The van der Waals surface area contributed by atoms with Crippen LogP contribution in [-0.4, -0.2) is 26.9 Å². The highest BCUT2D eigenvalue weighted by molar-refractivity contribution is 6.30. The van der Waals surface area contributed by atoms with E-state index >= 15 is 0 Å². The van der Waals surface area contributed by atoms with E-state index in [4.69, 9.17) is 16.6 Å². The van der Waals surface area contributed by atoms with Gasteiger partial charge in [-0.15, -0.1) is 0 Å². The highest BCUT2D eigenvalue weighted by Gasteiger charge is 2.29. The monoisotopic (exact) mass is 539 g/mol. The van der Waals surface area contributed by atoms with Gasteiger partial charge in [0.15, 0.2) is 0 Å². The van der Waals surface area contributed by atoms with Crippen molar-refractivity contribution in [3.8, 4) is 5.69 Å². The van der Waals surface area contributed by atoms with Gasteiger partial charge < -0.3 is 4.90 Å². The van der Waals surface area contributed by atoms with Crippen LogP contribution in [0.15, 0.2) is 102 Å². The molecule has 4 aromatic carbocycles. The molecule has 196 valence electrons. The summed E-state index contributed by atoms with van der Waals surface area (Å²) in [7, 11) is 0. The van der Waals surface area contributed by atoms with Crippen molar-refractivity contribution in [2.45, 2.75) is 26.3 Å². The Balaban J connectivity index is 1.68. The zero-order chi connectivity index (χ0) is 27.5. The van der Waals surface area contributed by atoms with Gasteiger partial charge in [-0.05, 0) is 73.9 Å². The maximum Gasteiger partial charge on any atom is 0.266 e. The van der Waals surface area contributed by atoms with Gasteiger partial charge in [-0.1, -0.05) is 66.2 Å². The molecule has 1 heterocycles. The Bertz CT molecular complexity index is 1720. The standard InChI is InChI=1S/C32H27ClFN3O2/c1-21-20-24(33)16-17-29(21)37-30(35-28-15-9-7-13-26(28)32(37)39)22(2)36(19-18-23-10-4-3-5-11-23)31(38)25-12-6-8-14-27(25)34/h3-17,20,22H,18-19H2,1-2H3. The molecule has 7 heteroatoms. The van der Waals surface area contributed by atoms with Gasteiger partial charge in [-0.3, -0.25) is 14.2 Å². The smallest absolute Gasteiger partial charge is 0.266 e. The van der Waals surface area contributed by atoms with Crippen LogP contribution in [0.5, 0.6) is 0 Å². The third kappa shape index (κ3) is 5.33. The van der Waals surface area contributed by atoms with Gasteiger partial charge >= 0.3 is 0 Å². The predicted octanol–water partition coefficient (Wildman–Crippen LogP) is 6.93. The molecule has 1 amide bonds. The average molecular weight is 540 g/mol. The Morgan fingerprint density at radius 2 is 1.67 bits per heavy atom. The highest BCUT2D eigenvalue weighted by atomic mass is 35.5. The van der Waals surface area contributed by atoms with Crippen LogP contribution in [0.3, 0.4) is 0 Å². The number of fused-ring (bicyclic) bond motifs is 1. The molecule has 0 aliphatic rings. The molecule has 0 aliphatic heterocycles. The molecule has 0 bridgehead atoms. The first-order valence-electron chi connectivity index (χ1n) is 12.7. The number of aromatic nitrogens is 2. The molecule has 0 radical (unpaired) electrons. The van der Waals surface area contributed by atoms with Gasteiger partial charge in [0.2, 0.25) is 0 Å². The largest absolute Gasteiger partial charge is 0.328 e. The van der Waals surface area contributed by atoms with Gasteiger partial charge in [-0.2, -0.15) is 0 Å². The molecule has 5 nitrogen and oxygen atoms in total. The maximum atomic E-state index is 14.8. The Morgan fingerprint density at radius 3 is 2.41 bits per heavy atom. The Hall–Kier alpha value is -4.29. The summed E-state index contributed by atoms with van der Waals surface area (Å²) >= 11 is 6.22. The zero-order valence-corrected chi connectivity index (χ0v) is 22.4. The van der Waals surface area contributed by atoms with E-state index in [0.29, 0.717) is 40.4 Å². The van der Waals surface area contributed by atoms with E-state index < -0.39 is 17.8 Å². The second-order valence-corrected chi connectivity index (χ2v) is 9.88. The van der Waals surface area contributed by atoms with E-state index in [-0.39, 0.29) is 11.1 Å². The summed E-state index contributed by atoms with van der Waals surface area (Å²) in [5.41, 5.74) is 2.67. The minimum Gasteiger partial charge on any atom is -0.328 e. The number of hydrogen-bond donors (Lipinski definition) is 0. The number of halogens is 2. The highest BCUT2D eigenvalue weighted by Crippen LogP contribution is 2.27. The minimum absolute atomic E-state index is 0.0326. The molecule has 0 saturated heterocycles. The van der Waals surface area contributed by atoms with E-state index in [1.807, 2.05) is 50.2 Å². The summed E-state index contributed by atoms with van der Waals surface area (Å²) < 4.78 is 16.4. The molecule has 0 aliphatic carbocycles. The number of nitrogens with zero attached hydrogens (tertiary/aromatic N) is 3. The summed E-state index contributed by atoms with van der Waals surface area (Å²) in [5.74, 6) is -0.697. The van der Waals surface area contributed by atoms with Crippen LogP contribution < -0.4 is 5.56 Å². The van der Waals surface area contributed by atoms with E-state index in [1.165, 1.54) is 12.1 Å². The van der Waals surface area contributed by atoms with E-state index in [2.05, 4.69) is 0 Å². The molecule has 1 unspecified atom stereocenters. The lowest BCUT2D eigenvalue weighted by Crippen LogP contribution is -2.39. The van der Waals surface area contributed by atoms with Crippen LogP contribution in [-0.2, 0) is 6.42 Å². The second kappa shape index (κ2) is 11.2. The minimum atomic E-state index is -0.673. The van der Waals surface area contributed by atoms with Crippen molar-refractivity contribution in [3.63, 3.8) is 0 Å². The van der Waals surface area contributed by atoms with Gasteiger partial charge in [0.1, 0.15) is 11.6 Å². The van der Waals surface area contributed by atoms with E-state index in [1.54, 1.807) is 58.0 Å². The van der Waals surface area contributed by atoms with Crippen molar-refractivity contribution < 1.29 is 9.18 Å². The fourth-order valence-corrected chi connectivity index (χ4v) is 5.05. The SMILES string of the molecule is Cc1cc(Cl)ccc1-n1c(C(C)N(CCc2ccccc2)C(=O)c2ccccc2F)nc2ccccc2c1=O. The number of aryl methyl sites for hydroxylation is 1. The van der Waals surface area contributed by atoms with Crippen LogP contribution >= 0.6 is 11.6 Å². The van der Waals surface area contributed by atoms with Crippen molar-refractivity contribution in [1.82, 2.24) is 14.5 Å². The molecule has 1 aromatic heterocycles. The van der Waals surface area contributed by atoms with Crippen LogP contribution in [0.25, 0.3) is 16.6 Å². The summed E-state index contributed by atoms with van der Waals surface area (Å²) in [6.45, 7) is 3.98. The number of carbonyl (C=O) groups is 1. The molecule has 0 N–H and O–H groups in total. The van der Waals surface area contributed by atoms with Crippen molar-refractivity contribution in [3.05, 3.63) is 141 Å². The summed E-state index contributed by atoms with van der Waals surface area (Å²) in [4.78, 5) is 34.3. The van der Waals surface area contributed by atoms with Gasteiger partial charge in [-0.25, -0.2) is 9.37 Å². The molecule has 5 rings (SSSR count). The first kappa shape index (κ1) is 26.3. The number of hydrogen-bond acceptors (Lipinski definition) is 3. The third-order valence-electron chi connectivity index (χ3n) is 6.89. The van der Waals surface area contributed by atoms with Crippen LogP contribution in [0, 0.1) is 12.7 Å². The van der Waals surface area contributed by atoms with Crippen LogP contribution in [0.2, 0.25) is 5.02 Å². The molecule has 0 saturated carbocycles.